The number of hydrogen-bond donors (Lipinski definition) is 1. The normalized spacial score (nSPS) is 11.4. The average molecular weight is 364 g/mol. The first-order valence-corrected chi connectivity index (χ1v) is 9.73. The summed E-state index contributed by atoms with van der Waals surface area (Å²) in [6.07, 6.45) is 1.85. The summed E-state index contributed by atoms with van der Waals surface area (Å²) >= 11 is 0. The van der Waals surface area contributed by atoms with Gasteiger partial charge in [0.05, 0.1) is 5.52 Å². The molecule has 0 saturated heterocycles. The number of aryl methyl sites for hydroxylation is 4. The molecule has 0 fully saturated rings. The highest BCUT2D eigenvalue weighted by atomic mass is 16.1. The van der Waals surface area contributed by atoms with E-state index in [0.717, 1.165) is 40.9 Å². The number of hydrogen-bond acceptors (Lipinski definition) is 3. The summed E-state index contributed by atoms with van der Waals surface area (Å²) in [6, 6.07) is 10.1. The highest BCUT2D eigenvalue weighted by Gasteiger charge is 2.16. The summed E-state index contributed by atoms with van der Waals surface area (Å²) in [5.41, 5.74) is 6.62. The van der Waals surface area contributed by atoms with Crippen LogP contribution in [0.4, 0.5) is 11.5 Å². The van der Waals surface area contributed by atoms with Gasteiger partial charge in [0.15, 0.2) is 0 Å². The fraction of sp³-hybridized carbons (Fsp3) is 0.391. The number of nitrogens with one attached hydrogen (secondary N) is 1. The lowest BCUT2D eigenvalue weighted by molar-refractivity contribution is 0.472. The molecule has 1 N–H and O–H groups in total. The van der Waals surface area contributed by atoms with Crippen molar-refractivity contribution < 1.29 is 0 Å². The van der Waals surface area contributed by atoms with Crippen LogP contribution in [-0.2, 0) is 0 Å². The third kappa shape index (κ3) is 3.61. The maximum absolute atomic E-state index is 12.6. The van der Waals surface area contributed by atoms with Crippen molar-refractivity contribution in [3.8, 4) is 0 Å². The Kier molecular flexibility index (Phi) is 5.36. The zero-order chi connectivity index (χ0) is 19.7. The highest BCUT2D eigenvalue weighted by Crippen LogP contribution is 2.30. The number of rotatable bonds is 5. The van der Waals surface area contributed by atoms with E-state index in [1.807, 2.05) is 23.6 Å². The van der Waals surface area contributed by atoms with Gasteiger partial charge in [-0.05, 0) is 63.8 Å². The molecule has 0 aliphatic carbocycles. The molecule has 2 aromatic heterocycles. The largest absolute Gasteiger partial charge is 0.339 e. The molecular weight excluding hydrogens is 334 g/mol. The molecule has 3 rings (SSSR count). The Balaban J connectivity index is 2.24. The van der Waals surface area contributed by atoms with Crippen LogP contribution in [-0.4, -0.2) is 9.55 Å². The molecule has 27 heavy (non-hydrogen) atoms. The molecule has 4 heteroatoms. The van der Waals surface area contributed by atoms with Gasteiger partial charge >= 0.3 is 0 Å². The Morgan fingerprint density at radius 3 is 2.22 bits per heavy atom. The van der Waals surface area contributed by atoms with E-state index in [-0.39, 0.29) is 11.6 Å². The predicted molar refractivity (Wildman–Crippen MR) is 114 cm³/mol. The minimum absolute atomic E-state index is 0.0513. The van der Waals surface area contributed by atoms with E-state index < -0.39 is 0 Å². The molecule has 3 aromatic rings. The van der Waals surface area contributed by atoms with Crippen molar-refractivity contribution in [3.05, 3.63) is 63.1 Å². The molecule has 4 nitrogen and oxygen atoms in total. The molecule has 0 spiro atoms. The van der Waals surface area contributed by atoms with Gasteiger partial charge in [0.25, 0.3) is 5.56 Å². The zero-order valence-electron chi connectivity index (χ0n) is 17.2. The van der Waals surface area contributed by atoms with Gasteiger partial charge in [0.1, 0.15) is 5.82 Å². The number of benzene rings is 1. The summed E-state index contributed by atoms with van der Waals surface area (Å²) < 4.78 is 1.93. The fourth-order valence-corrected chi connectivity index (χ4v) is 4.00. The maximum Gasteiger partial charge on any atom is 0.251 e. The topological polar surface area (TPSA) is 46.9 Å². The SMILES string of the molecule is CCC(CC)n1c(=O)ccc2c(Nc3c(C)cc(C)cc3C)nc(C)cc21. The Morgan fingerprint density at radius 1 is 1.00 bits per heavy atom. The summed E-state index contributed by atoms with van der Waals surface area (Å²) in [4.78, 5) is 17.4. The summed E-state index contributed by atoms with van der Waals surface area (Å²) in [6.45, 7) is 12.6. The van der Waals surface area contributed by atoms with Crippen molar-refractivity contribution in [2.24, 2.45) is 0 Å². The standard InChI is InChI=1S/C23H29N3O/c1-7-18(8-2)26-20-13-17(6)24-23(19(20)9-10-21(26)27)25-22-15(4)11-14(3)12-16(22)5/h9-13,18H,7-8H2,1-6H3,(H,24,25). The van der Waals surface area contributed by atoms with Crippen molar-refractivity contribution in [2.45, 2.75) is 60.4 Å². The summed E-state index contributed by atoms with van der Waals surface area (Å²) in [7, 11) is 0. The Morgan fingerprint density at radius 2 is 1.63 bits per heavy atom. The van der Waals surface area contributed by atoms with E-state index in [2.05, 4.69) is 52.1 Å². The van der Waals surface area contributed by atoms with E-state index in [1.165, 1.54) is 16.7 Å². The van der Waals surface area contributed by atoms with E-state index in [1.54, 1.807) is 6.07 Å². The molecule has 1 aromatic carbocycles. The molecule has 142 valence electrons. The van der Waals surface area contributed by atoms with Crippen molar-refractivity contribution in [2.75, 3.05) is 5.32 Å². The predicted octanol–water partition coefficient (Wildman–Crippen LogP) is 5.73. The van der Waals surface area contributed by atoms with Crippen molar-refractivity contribution in [1.29, 1.82) is 0 Å². The van der Waals surface area contributed by atoms with Crippen LogP contribution in [0.15, 0.2) is 35.1 Å². The summed E-state index contributed by atoms with van der Waals surface area (Å²) in [5, 5.41) is 4.52. The first kappa shape index (κ1) is 19.2. The van der Waals surface area contributed by atoms with Crippen LogP contribution in [0.25, 0.3) is 10.9 Å². The second-order valence-electron chi connectivity index (χ2n) is 7.46. The monoisotopic (exact) mass is 363 g/mol. The van der Waals surface area contributed by atoms with E-state index >= 15 is 0 Å². The molecule has 2 heterocycles. The van der Waals surface area contributed by atoms with Gasteiger partial charge in [-0.2, -0.15) is 0 Å². The van der Waals surface area contributed by atoms with Crippen LogP contribution in [0.3, 0.4) is 0 Å². The third-order valence-corrected chi connectivity index (χ3v) is 5.28. The molecule has 0 unspecified atom stereocenters. The van der Waals surface area contributed by atoms with E-state index in [0.29, 0.717) is 0 Å². The number of nitrogens with zero attached hydrogens (tertiary/aromatic N) is 2. The van der Waals surface area contributed by atoms with Crippen LogP contribution >= 0.6 is 0 Å². The smallest absolute Gasteiger partial charge is 0.251 e. The lowest BCUT2D eigenvalue weighted by Gasteiger charge is -2.21. The second-order valence-corrected chi connectivity index (χ2v) is 7.46. The summed E-state index contributed by atoms with van der Waals surface area (Å²) in [5.74, 6) is 0.805. The molecule has 0 aliphatic rings. The number of anilines is 2. The van der Waals surface area contributed by atoms with Crippen LogP contribution in [0.2, 0.25) is 0 Å². The Bertz CT molecular complexity index is 1020. The second kappa shape index (κ2) is 7.55. The zero-order valence-corrected chi connectivity index (χ0v) is 17.2. The maximum atomic E-state index is 12.6. The van der Waals surface area contributed by atoms with Crippen LogP contribution in [0.1, 0.15) is 55.1 Å². The molecule has 0 aliphatic heterocycles. The average Bonchev–Trinajstić information content (AvgIpc) is 2.60. The third-order valence-electron chi connectivity index (χ3n) is 5.28. The van der Waals surface area contributed by atoms with Gasteiger partial charge in [-0.3, -0.25) is 4.79 Å². The minimum Gasteiger partial charge on any atom is -0.339 e. The van der Waals surface area contributed by atoms with Crippen LogP contribution in [0.5, 0.6) is 0 Å². The quantitative estimate of drug-likeness (QED) is 0.629. The molecule has 0 amide bonds. The molecule has 0 bridgehead atoms. The molecule has 0 saturated carbocycles. The van der Waals surface area contributed by atoms with Gasteiger partial charge in [-0.25, -0.2) is 4.98 Å². The lowest BCUT2D eigenvalue weighted by Crippen LogP contribution is -2.24. The van der Waals surface area contributed by atoms with Gasteiger partial charge in [0.2, 0.25) is 0 Å². The molecule has 0 radical (unpaired) electrons. The van der Waals surface area contributed by atoms with Gasteiger partial charge in [-0.15, -0.1) is 0 Å². The fourth-order valence-electron chi connectivity index (χ4n) is 4.00. The lowest BCUT2D eigenvalue weighted by atomic mass is 10.0. The van der Waals surface area contributed by atoms with Gasteiger partial charge in [-0.1, -0.05) is 31.5 Å². The minimum atomic E-state index is 0.0513. The first-order valence-electron chi connectivity index (χ1n) is 9.73. The molecule has 0 atom stereocenters. The van der Waals surface area contributed by atoms with Crippen molar-refractivity contribution in [3.63, 3.8) is 0 Å². The Labute approximate surface area is 161 Å². The number of aromatic nitrogens is 2. The number of pyridine rings is 2. The van der Waals surface area contributed by atoms with Crippen molar-refractivity contribution in [1.82, 2.24) is 9.55 Å². The Hall–Kier alpha value is -2.62. The molecular formula is C23H29N3O. The van der Waals surface area contributed by atoms with Crippen LogP contribution in [0, 0.1) is 27.7 Å². The van der Waals surface area contributed by atoms with Gasteiger partial charge in [0, 0.05) is 28.9 Å². The van der Waals surface area contributed by atoms with Crippen LogP contribution < -0.4 is 10.9 Å². The van der Waals surface area contributed by atoms with Crippen molar-refractivity contribution >= 4 is 22.4 Å². The first-order chi connectivity index (χ1) is 12.8. The van der Waals surface area contributed by atoms with Gasteiger partial charge < -0.3 is 9.88 Å². The van der Waals surface area contributed by atoms with E-state index in [9.17, 15) is 4.79 Å². The highest BCUT2D eigenvalue weighted by molar-refractivity contribution is 5.92. The number of fused-ring (bicyclic) bond motifs is 1. The van der Waals surface area contributed by atoms with E-state index in [4.69, 9.17) is 4.98 Å².